The molecular weight excluding hydrogens is 204 g/mol. The molecule has 5 heteroatoms. The highest BCUT2D eigenvalue weighted by Crippen LogP contribution is 2.16. The number of fused-ring (bicyclic) bond motifs is 1. The molecule has 0 bridgehead atoms. The molecular formula is C11H16N4O. The number of hydrogen-bond acceptors (Lipinski definition) is 4. The number of methoxy groups -OCH3 is 1. The van der Waals surface area contributed by atoms with Crippen LogP contribution in [0, 0.1) is 5.92 Å². The maximum Gasteiger partial charge on any atom is 0.202 e. The Morgan fingerprint density at radius 2 is 2.38 bits per heavy atom. The van der Waals surface area contributed by atoms with Crippen LogP contribution in [0.15, 0.2) is 18.3 Å². The molecule has 86 valence electrons. The van der Waals surface area contributed by atoms with E-state index < -0.39 is 0 Å². The highest BCUT2D eigenvalue weighted by Gasteiger charge is 2.11. The Labute approximate surface area is 94.2 Å². The highest BCUT2D eigenvalue weighted by atomic mass is 16.5. The van der Waals surface area contributed by atoms with E-state index >= 15 is 0 Å². The number of rotatable bonds is 4. The molecule has 2 aromatic heterocycles. The fourth-order valence-corrected chi connectivity index (χ4v) is 1.80. The normalized spacial score (nSPS) is 13.1. The molecule has 2 rings (SSSR count). The van der Waals surface area contributed by atoms with Crippen molar-refractivity contribution in [3.8, 4) is 0 Å². The number of imidazole rings is 1. The van der Waals surface area contributed by atoms with E-state index in [1.165, 1.54) is 0 Å². The van der Waals surface area contributed by atoms with E-state index in [4.69, 9.17) is 10.5 Å². The van der Waals surface area contributed by atoms with E-state index in [1.807, 2.05) is 16.7 Å². The van der Waals surface area contributed by atoms with Crippen molar-refractivity contribution in [2.24, 2.45) is 5.92 Å². The fourth-order valence-electron chi connectivity index (χ4n) is 1.80. The van der Waals surface area contributed by atoms with Gasteiger partial charge in [-0.25, -0.2) is 9.97 Å². The Morgan fingerprint density at radius 1 is 1.56 bits per heavy atom. The van der Waals surface area contributed by atoms with Crippen LogP contribution in [0.5, 0.6) is 0 Å². The van der Waals surface area contributed by atoms with E-state index in [0.29, 0.717) is 18.5 Å². The fraction of sp³-hybridized carbons (Fsp3) is 0.455. The SMILES string of the molecule is COCC(C)Cn1c(N)nc2cccnc21. The van der Waals surface area contributed by atoms with Gasteiger partial charge in [0.2, 0.25) is 5.95 Å². The third-order valence-corrected chi connectivity index (χ3v) is 2.48. The molecule has 0 saturated heterocycles. The van der Waals surface area contributed by atoms with Crippen LogP contribution in [0.25, 0.3) is 11.2 Å². The number of anilines is 1. The lowest BCUT2D eigenvalue weighted by Gasteiger charge is -2.12. The smallest absolute Gasteiger partial charge is 0.202 e. The van der Waals surface area contributed by atoms with Crippen molar-refractivity contribution in [2.75, 3.05) is 19.5 Å². The average molecular weight is 220 g/mol. The summed E-state index contributed by atoms with van der Waals surface area (Å²) in [6, 6.07) is 3.77. The van der Waals surface area contributed by atoms with Gasteiger partial charge in [0.05, 0.1) is 6.61 Å². The molecule has 0 amide bonds. The van der Waals surface area contributed by atoms with Gasteiger partial charge in [-0.05, 0) is 18.1 Å². The van der Waals surface area contributed by atoms with E-state index in [9.17, 15) is 0 Å². The van der Waals surface area contributed by atoms with E-state index in [2.05, 4.69) is 16.9 Å². The number of nitrogen functional groups attached to an aromatic ring is 1. The lowest BCUT2D eigenvalue weighted by atomic mass is 10.2. The number of ether oxygens (including phenoxy) is 1. The zero-order valence-electron chi connectivity index (χ0n) is 9.55. The minimum Gasteiger partial charge on any atom is -0.384 e. The van der Waals surface area contributed by atoms with Crippen molar-refractivity contribution in [1.29, 1.82) is 0 Å². The predicted molar refractivity (Wildman–Crippen MR) is 63.0 cm³/mol. The highest BCUT2D eigenvalue weighted by molar-refractivity contribution is 5.73. The Balaban J connectivity index is 2.32. The van der Waals surface area contributed by atoms with Crippen LogP contribution < -0.4 is 5.73 Å². The largest absolute Gasteiger partial charge is 0.384 e. The maximum atomic E-state index is 5.87. The van der Waals surface area contributed by atoms with Crippen LogP contribution in [0.4, 0.5) is 5.95 Å². The summed E-state index contributed by atoms with van der Waals surface area (Å²) in [7, 11) is 1.70. The summed E-state index contributed by atoms with van der Waals surface area (Å²) in [5, 5.41) is 0. The molecule has 2 heterocycles. The quantitative estimate of drug-likeness (QED) is 0.843. The van der Waals surface area contributed by atoms with E-state index in [-0.39, 0.29) is 0 Å². The summed E-state index contributed by atoms with van der Waals surface area (Å²) in [6.45, 7) is 3.58. The molecule has 0 radical (unpaired) electrons. The van der Waals surface area contributed by atoms with Gasteiger partial charge in [-0.3, -0.25) is 4.57 Å². The lowest BCUT2D eigenvalue weighted by Crippen LogP contribution is -2.14. The van der Waals surface area contributed by atoms with Gasteiger partial charge in [0.15, 0.2) is 5.65 Å². The van der Waals surface area contributed by atoms with E-state index in [0.717, 1.165) is 17.7 Å². The Kier molecular flexibility index (Phi) is 3.05. The van der Waals surface area contributed by atoms with Crippen molar-refractivity contribution < 1.29 is 4.74 Å². The molecule has 0 aliphatic heterocycles. The molecule has 5 nitrogen and oxygen atoms in total. The van der Waals surface area contributed by atoms with Crippen molar-refractivity contribution in [1.82, 2.24) is 14.5 Å². The molecule has 0 aromatic carbocycles. The van der Waals surface area contributed by atoms with Gasteiger partial charge in [0.1, 0.15) is 5.52 Å². The summed E-state index contributed by atoms with van der Waals surface area (Å²) in [5.41, 5.74) is 7.54. The van der Waals surface area contributed by atoms with E-state index in [1.54, 1.807) is 13.3 Å². The van der Waals surface area contributed by atoms with Crippen LogP contribution in [0.3, 0.4) is 0 Å². The predicted octanol–water partition coefficient (Wildman–Crippen LogP) is 1.30. The van der Waals surface area contributed by atoms with Crippen LogP contribution in [0.1, 0.15) is 6.92 Å². The molecule has 2 N–H and O–H groups in total. The minimum absolute atomic E-state index is 0.381. The Hall–Kier alpha value is -1.62. The van der Waals surface area contributed by atoms with Crippen LogP contribution >= 0.6 is 0 Å². The first-order valence-electron chi connectivity index (χ1n) is 5.28. The number of nitrogens with zero attached hydrogens (tertiary/aromatic N) is 3. The molecule has 16 heavy (non-hydrogen) atoms. The molecule has 0 spiro atoms. The summed E-state index contributed by atoms with van der Waals surface area (Å²) in [6.07, 6.45) is 1.75. The first kappa shape index (κ1) is 10.9. The van der Waals surface area contributed by atoms with Crippen molar-refractivity contribution in [3.05, 3.63) is 18.3 Å². The maximum absolute atomic E-state index is 5.87. The molecule has 0 saturated carbocycles. The summed E-state index contributed by atoms with van der Waals surface area (Å²) < 4.78 is 7.04. The monoisotopic (exact) mass is 220 g/mol. The van der Waals surface area contributed by atoms with Crippen LogP contribution in [-0.2, 0) is 11.3 Å². The van der Waals surface area contributed by atoms with Crippen molar-refractivity contribution in [2.45, 2.75) is 13.5 Å². The van der Waals surface area contributed by atoms with Crippen LogP contribution in [0.2, 0.25) is 0 Å². The van der Waals surface area contributed by atoms with Crippen molar-refractivity contribution >= 4 is 17.1 Å². The molecule has 1 atom stereocenters. The molecule has 2 aromatic rings. The van der Waals surface area contributed by atoms with Gasteiger partial charge in [0, 0.05) is 19.9 Å². The standard InChI is InChI=1S/C11H16N4O/c1-8(7-16-2)6-15-10-9(14-11(15)12)4-3-5-13-10/h3-5,8H,6-7H2,1-2H3,(H2,12,14). The number of nitrogens with two attached hydrogens (primary N) is 1. The van der Waals surface area contributed by atoms with Gasteiger partial charge in [-0.15, -0.1) is 0 Å². The second-order valence-corrected chi connectivity index (χ2v) is 3.99. The third-order valence-electron chi connectivity index (χ3n) is 2.48. The Morgan fingerprint density at radius 3 is 3.12 bits per heavy atom. The summed E-state index contributed by atoms with van der Waals surface area (Å²) >= 11 is 0. The van der Waals surface area contributed by atoms with Gasteiger partial charge in [0.25, 0.3) is 0 Å². The number of pyridine rings is 1. The number of aromatic nitrogens is 3. The topological polar surface area (TPSA) is 66.0 Å². The van der Waals surface area contributed by atoms with Gasteiger partial charge >= 0.3 is 0 Å². The molecule has 0 aliphatic rings. The first-order chi connectivity index (χ1) is 7.72. The van der Waals surface area contributed by atoms with Gasteiger partial charge < -0.3 is 10.5 Å². The average Bonchev–Trinajstić information content (AvgIpc) is 2.56. The third kappa shape index (κ3) is 1.99. The molecule has 1 unspecified atom stereocenters. The second-order valence-electron chi connectivity index (χ2n) is 3.99. The summed E-state index contributed by atoms with van der Waals surface area (Å²) in [4.78, 5) is 8.56. The zero-order chi connectivity index (χ0) is 11.5. The molecule has 0 fully saturated rings. The van der Waals surface area contributed by atoms with Gasteiger partial charge in [-0.2, -0.15) is 0 Å². The lowest BCUT2D eigenvalue weighted by molar-refractivity contribution is 0.152. The first-order valence-corrected chi connectivity index (χ1v) is 5.28. The molecule has 0 aliphatic carbocycles. The zero-order valence-corrected chi connectivity index (χ0v) is 9.55. The Bertz CT molecular complexity index is 480. The number of hydrogen-bond donors (Lipinski definition) is 1. The second kappa shape index (κ2) is 4.49. The van der Waals surface area contributed by atoms with Gasteiger partial charge in [-0.1, -0.05) is 6.92 Å². The minimum atomic E-state index is 0.381. The van der Waals surface area contributed by atoms with Crippen molar-refractivity contribution in [3.63, 3.8) is 0 Å². The van der Waals surface area contributed by atoms with Crippen LogP contribution in [-0.4, -0.2) is 28.3 Å². The summed E-state index contributed by atoms with van der Waals surface area (Å²) in [5.74, 6) is 0.892.